The van der Waals surface area contributed by atoms with Gasteiger partial charge in [-0.05, 0) is 44.0 Å². The fourth-order valence-electron chi connectivity index (χ4n) is 3.94. The average molecular weight is 345 g/mol. The number of aromatic nitrogens is 1. The summed E-state index contributed by atoms with van der Waals surface area (Å²) in [4.78, 5) is 23.6. The summed E-state index contributed by atoms with van der Waals surface area (Å²) < 4.78 is 0. The number of urea groups is 1. The van der Waals surface area contributed by atoms with E-state index < -0.39 is 0 Å². The van der Waals surface area contributed by atoms with Crippen LogP contribution in [-0.2, 0) is 6.54 Å². The van der Waals surface area contributed by atoms with Gasteiger partial charge in [-0.1, -0.05) is 13.0 Å². The van der Waals surface area contributed by atoms with E-state index in [0.29, 0.717) is 6.04 Å². The lowest BCUT2D eigenvalue weighted by atomic mass is 10.2. The highest BCUT2D eigenvalue weighted by molar-refractivity contribution is 5.74. The lowest BCUT2D eigenvalue weighted by molar-refractivity contribution is 0.191. The molecule has 1 N–H and O–H groups in total. The molecule has 0 saturated carbocycles. The topological polar surface area (TPSA) is 51.7 Å². The van der Waals surface area contributed by atoms with Crippen LogP contribution in [0.15, 0.2) is 24.5 Å². The number of nitrogens with zero attached hydrogens (tertiary/aromatic N) is 4. The maximum Gasteiger partial charge on any atom is 0.317 e. The second-order valence-corrected chi connectivity index (χ2v) is 7.09. The third-order valence-electron chi connectivity index (χ3n) is 5.40. The predicted molar refractivity (Wildman–Crippen MR) is 99.4 cm³/mol. The number of pyridine rings is 1. The molecule has 0 spiro atoms. The van der Waals surface area contributed by atoms with E-state index in [9.17, 15) is 4.79 Å². The van der Waals surface area contributed by atoms with Crippen LogP contribution < -0.4 is 5.32 Å². The number of likely N-dealkylation sites (tertiary alicyclic amines) is 1. The molecule has 3 heterocycles. The normalized spacial score (nSPS) is 22.8. The van der Waals surface area contributed by atoms with Crippen LogP contribution in [-0.4, -0.2) is 77.6 Å². The van der Waals surface area contributed by atoms with Gasteiger partial charge in [0, 0.05) is 57.7 Å². The van der Waals surface area contributed by atoms with Gasteiger partial charge in [0.25, 0.3) is 0 Å². The van der Waals surface area contributed by atoms with E-state index >= 15 is 0 Å². The Morgan fingerprint density at radius 2 is 2.16 bits per heavy atom. The number of hydrogen-bond donors (Lipinski definition) is 1. The van der Waals surface area contributed by atoms with Gasteiger partial charge < -0.3 is 10.2 Å². The highest BCUT2D eigenvalue weighted by Gasteiger charge is 2.25. The molecule has 3 rings (SSSR count). The molecule has 0 aromatic carbocycles. The smallest absolute Gasteiger partial charge is 0.317 e. The summed E-state index contributed by atoms with van der Waals surface area (Å²) in [5, 5.41) is 3.17. The van der Waals surface area contributed by atoms with Crippen LogP contribution in [0.4, 0.5) is 4.79 Å². The zero-order chi connectivity index (χ0) is 17.5. The summed E-state index contributed by atoms with van der Waals surface area (Å²) in [6.07, 6.45) is 7.21. The summed E-state index contributed by atoms with van der Waals surface area (Å²) in [5.74, 6) is 0. The summed E-state index contributed by atoms with van der Waals surface area (Å²) in [7, 11) is 0. The number of likely N-dealkylation sites (N-methyl/N-ethyl adjacent to an activating group) is 1. The SMILES string of the molecule is CCN1CCCC1CNC(=O)N1CCCN(Cc2cccnc2)CC1. The van der Waals surface area contributed by atoms with E-state index in [1.807, 2.05) is 23.4 Å². The van der Waals surface area contributed by atoms with Crippen LogP contribution in [0.5, 0.6) is 0 Å². The van der Waals surface area contributed by atoms with Gasteiger partial charge in [-0.3, -0.25) is 14.8 Å². The molecule has 1 aromatic heterocycles. The first-order chi connectivity index (χ1) is 12.3. The molecule has 1 atom stereocenters. The standard InChI is InChI=1S/C19H31N5O/c1-2-23-10-4-7-18(23)15-21-19(25)24-11-5-9-22(12-13-24)16-17-6-3-8-20-14-17/h3,6,8,14,18H,2,4-5,7,9-13,15-16H2,1H3,(H,21,25). The van der Waals surface area contributed by atoms with Crippen LogP contribution in [0.3, 0.4) is 0 Å². The largest absolute Gasteiger partial charge is 0.336 e. The van der Waals surface area contributed by atoms with Crippen molar-refractivity contribution in [2.24, 2.45) is 0 Å². The fraction of sp³-hybridized carbons (Fsp3) is 0.684. The van der Waals surface area contributed by atoms with Crippen LogP contribution in [0, 0.1) is 0 Å². The van der Waals surface area contributed by atoms with Gasteiger partial charge in [0.1, 0.15) is 0 Å². The Labute approximate surface area is 151 Å². The Morgan fingerprint density at radius 3 is 2.96 bits per heavy atom. The van der Waals surface area contributed by atoms with Gasteiger partial charge in [0.15, 0.2) is 0 Å². The molecule has 1 aromatic rings. The Bertz CT molecular complexity index is 538. The first kappa shape index (κ1) is 18.1. The van der Waals surface area contributed by atoms with E-state index in [1.54, 1.807) is 0 Å². The van der Waals surface area contributed by atoms with Gasteiger partial charge in [0.2, 0.25) is 0 Å². The third kappa shape index (κ3) is 5.16. The predicted octanol–water partition coefficient (Wildman–Crippen LogP) is 1.78. The lowest BCUT2D eigenvalue weighted by Gasteiger charge is -2.26. The molecule has 2 amide bonds. The molecular formula is C19H31N5O. The van der Waals surface area contributed by atoms with E-state index in [1.165, 1.54) is 24.9 Å². The number of amides is 2. The molecule has 138 valence electrons. The number of carbonyl (C=O) groups is 1. The highest BCUT2D eigenvalue weighted by atomic mass is 16.2. The average Bonchev–Trinajstić information content (AvgIpc) is 2.98. The van der Waals surface area contributed by atoms with Crippen molar-refractivity contribution in [1.82, 2.24) is 25.0 Å². The van der Waals surface area contributed by atoms with Crippen molar-refractivity contribution >= 4 is 6.03 Å². The lowest BCUT2D eigenvalue weighted by Crippen LogP contribution is -2.46. The quantitative estimate of drug-likeness (QED) is 0.884. The Hall–Kier alpha value is -1.66. The molecule has 0 aliphatic carbocycles. The van der Waals surface area contributed by atoms with Crippen molar-refractivity contribution in [1.29, 1.82) is 0 Å². The number of rotatable bonds is 5. The minimum atomic E-state index is 0.103. The Balaban J connectivity index is 1.43. The van der Waals surface area contributed by atoms with Crippen LogP contribution >= 0.6 is 0 Å². The maximum atomic E-state index is 12.5. The molecule has 25 heavy (non-hydrogen) atoms. The van der Waals surface area contributed by atoms with Crippen molar-refractivity contribution in [3.63, 3.8) is 0 Å². The van der Waals surface area contributed by atoms with Crippen LogP contribution in [0.1, 0.15) is 31.7 Å². The zero-order valence-electron chi connectivity index (χ0n) is 15.4. The van der Waals surface area contributed by atoms with Gasteiger partial charge in [-0.2, -0.15) is 0 Å². The summed E-state index contributed by atoms with van der Waals surface area (Å²) in [6.45, 7) is 9.74. The van der Waals surface area contributed by atoms with Gasteiger partial charge in [0.05, 0.1) is 0 Å². The minimum absolute atomic E-state index is 0.103. The minimum Gasteiger partial charge on any atom is -0.336 e. The molecule has 2 aliphatic rings. The number of nitrogens with one attached hydrogen (secondary N) is 1. The monoisotopic (exact) mass is 345 g/mol. The molecule has 6 heteroatoms. The van der Waals surface area contributed by atoms with E-state index in [2.05, 4.69) is 33.1 Å². The maximum absolute atomic E-state index is 12.5. The second kappa shape index (κ2) is 9.15. The third-order valence-corrected chi connectivity index (χ3v) is 5.40. The highest BCUT2D eigenvalue weighted by Crippen LogP contribution is 2.15. The molecule has 2 saturated heterocycles. The Kier molecular flexibility index (Phi) is 6.64. The molecule has 1 unspecified atom stereocenters. The van der Waals surface area contributed by atoms with E-state index in [4.69, 9.17) is 0 Å². The number of hydrogen-bond acceptors (Lipinski definition) is 4. The zero-order valence-corrected chi connectivity index (χ0v) is 15.4. The van der Waals surface area contributed by atoms with Gasteiger partial charge >= 0.3 is 6.03 Å². The van der Waals surface area contributed by atoms with Crippen molar-refractivity contribution in [3.8, 4) is 0 Å². The molecule has 0 radical (unpaired) electrons. The van der Waals surface area contributed by atoms with Crippen molar-refractivity contribution in [3.05, 3.63) is 30.1 Å². The molecule has 2 fully saturated rings. The first-order valence-electron chi connectivity index (χ1n) is 9.64. The van der Waals surface area contributed by atoms with E-state index in [-0.39, 0.29) is 6.03 Å². The number of carbonyl (C=O) groups excluding carboxylic acids is 1. The van der Waals surface area contributed by atoms with E-state index in [0.717, 1.165) is 52.2 Å². The summed E-state index contributed by atoms with van der Waals surface area (Å²) in [6, 6.07) is 4.72. The molecular weight excluding hydrogens is 314 g/mol. The summed E-state index contributed by atoms with van der Waals surface area (Å²) in [5.41, 5.74) is 1.24. The van der Waals surface area contributed by atoms with Gasteiger partial charge in [-0.25, -0.2) is 4.79 Å². The molecule has 2 aliphatic heterocycles. The van der Waals surface area contributed by atoms with Crippen LogP contribution in [0.2, 0.25) is 0 Å². The van der Waals surface area contributed by atoms with Crippen molar-refractivity contribution in [2.75, 3.05) is 45.8 Å². The molecule has 6 nitrogen and oxygen atoms in total. The van der Waals surface area contributed by atoms with Crippen molar-refractivity contribution in [2.45, 2.75) is 38.8 Å². The second-order valence-electron chi connectivity index (χ2n) is 7.09. The molecule has 0 bridgehead atoms. The fourth-order valence-corrected chi connectivity index (χ4v) is 3.94. The summed E-state index contributed by atoms with van der Waals surface area (Å²) >= 11 is 0. The van der Waals surface area contributed by atoms with Crippen LogP contribution in [0.25, 0.3) is 0 Å². The first-order valence-corrected chi connectivity index (χ1v) is 9.64. The van der Waals surface area contributed by atoms with Gasteiger partial charge in [-0.15, -0.1) is 0 Å². The van der Waals surface area contributed by atoms with Crippen molar-refractivity contribution < 1.29 is 4.79 Å². The Morgan fingerprint density at radius 1 is 1.24 bits per heavy atom.